The highest BCUT2D eigenvalue weighted by molar-refractivity contribution is 5.89. The van der Waals surface area contributed by atoms with Gasteiger partial charge in [0.05, 0.1) is 0 Å². The maximum Gasteiger partial charge on any atom is 0.328 e. The van der Waals surface area contributed by atoms with Crippen molar-refractivity contribution in [2.75, 3.05) is 5.32 Å². The second-order valence-corrected chi connectivity index (χ2v) is 4.58. The second kappa shape index (κ2) is 7.99. The first kappa shape index (κ1) is 15.8. The third-order valence-electron chi connectivity index (χ3n) is 2.69. The maximum atomic E-state index is 11.7. The van der Waals surface area contributed by atoms with Crippen molar-refractivity contribution in [2.24, 2.45) is 0 Å². The van der Waals surface area contributed by atoms with Gasteiger partial charge in [0.2, 0.25) is 0 Å². The van der Waals surface area contributed by atoms with Crippen LogP contribution in [0, 0.1) is 0 Å². The van der Waals surface area contributed by atoms with Gasteiger partial charge >= 0.3 is 12.0 Å². The quantitative estimate of drug-likeness (QED) is 0.699. The van der Waals surface area contributed by atoms with Crippen molar-refractivity contribution < 1.29 is 14.7 Å². The Morgan fingerprint density at radius 1 is 1.30 bits per heavy atom. The van der Waals surface area contributed by atoms with Crippen molar-refractivity contribution in [1.82, 2.24) is 5.32 Å². The molecule has 0 aliphatic heterocycles. The number of carbonyl (C=O) groups is 2. The summed E-state index contributed by atoms with van der Waals surface area (Å²) < 4.78 is 0. The number of carbonyl (C=O) groups excluding carboxylic acids is 1. The van der Waals surface area contributed by atoms with E-state index in [0.717, 1.165) is 24.5 Å². The summed E-state index contributed by atoms with van der Waals surface area (Å²) in [6, 6.07) is 6.84. The normalized spacial score (nSPS) is 12.1. The van der Waals surface area contributed by atoms with Gasteiger partial charge in [0.15, 0.2) is 0 Å². The van der Waals surface area contributed by atoms with E-state index in [9.17, 15) is 9.59 Å². The average Bonchev–Trinajstić information content (AvgIpc) is 2.37. The van der Waals surface area contributed by atoms with E-state index in [4.69, 9.17) is 5.11 Å². The van der Waals surface area contributed by atoms with Crippen LogP contribution in [0.2, 0.25) is 0 Å². The van der Waals surface area contributed by atoms with Crippen molar-refractivity contribution in [1.29, 1.82) is 0 Å². The summed E-state index contributed by atoms with van der Waals surface area (Å²) in [5, 5.41) is 14.1. The van der Waals surface area contributed by atoms with Crippen LogP contribution in [0.5, 0.6) is 0 Å². The van der Waals surface area contributed by atoms with E-state index in [-0.39, 0.29) is 12.1 Å². The minimum absolute atomic E-state index is 0.137. The van der Waals surface area contributed by atoms with Crippen LogP contribution in [0.4, 0.5) is 10.5 Å². The molecule has 0 spiro atoms. The molecule has 0 saturated heterocycles. The standard InChI is InChI=1S/C15H20N2O3/c1-3-4-11(2)16-15(20)17-13-8-5-12(6-9-13)7-10-14(18)19/h5-11H,3-4H2,1-2H3,(H,18,19)(H2,16,17,20). The Balaban J connectivity index is 2.52. The number of urea groups is 1. The molecule has 1 atom stereocenters. The molecule has 0 aliphatic carbocycles. The summed E-state index contributed by atoms with van der Waals surface area (Å²) in [6.45, 7) is 4.03. The number of carboxylic acids is 1. The molecule has 0 aliphatic rings. The molecule has 5 heteroatoms. The topological polar surface area (TPSA) is 78.4 Å². The van der Waals surface area contributed by atoms with E-state index in [2.05, 4.69) is 17.6 Å². The lowest BCUT2D eigenvalue weighted by molar-refractivity contribution is -0.131. The van der Waals surface area contributed by atoms with Gasteiger partial charge in [0, 0.05) is 17.8 Å². The van der Waals surface area contributed by atoms with Crippen molar-refractivity contribution in [3.63, 3.8) is 0 Å². The van der Waals surface area contributed by atoms with Gasteiger partial charge in [-0.1, -0.05) is 25.5 Å². The maximum absolute atomic E-state index is 11.7. The third-order valence-corrected chi connectivity index (χ3v) is 2.69. The smallest absolute Gasteiger partial charge is 0.328 e. The van der Waals surface area contributed by atoms with Crippen LogP contribution in [0.1, 0.15) is 32.3 Å². The largest absolute Gasteiger partial charge is 0.478 e. The van der Waals surface area contributed by atoms with Gasteiger partial charge in [-0.25, -0.2) is 9.59 Å². The Kier molecular flexibility index (Phi) is 6.29. The van der Waals surface area contributed by atoms with Gasteiger partial charge in [0.1, 0.15) is 0 Å². The van der Waals surface area contributed by atoms with E-state index < -0.39 is 5.97 Å². The Morgan fingerprint density at radius 2 is 1.95 bits per heavy atom. The fraction of sp³-hybridized carbons (Fsp3) is 0.333. The van der Waals surface area contributed by atoms with Crippen molar-refractivity contribution >= 4 is 23.8 Å². The van der Waals surface area contributed by atoms with Crippen molar-refractivity contribution in [3.05, 3.63) is 35.9 Å². The Bertz CT molecular complexity index is 480. The Labute approximate surface area is 118 Å². The highest BCUT2D eigenvalue weighted by atomic mass is 16.4. The summed E-state index contributed by atoms with van der Waals surface area (Å²) in [6.07, 6.45) is 4.52. The number of benzene rings is 1. The van der Waals surface area contributed by atoms with E-state index in [0.29, 0.717) is 5.69 Å². The molecule has 1 unspecified atom stereocenters. The first-order valence-corrected chi connectivity index (χ1v) is 6.60. The van der Waals surface area contributed by atoms with Crippen molar-refractivity contribution in [2.45, 2.75) is 32.7 Å². The van der Waals surface area contributed by atoms with Crippen LogP contribution < -0.4 is 10.6 Å². The molecule has 5 nitrogen and oxygen atoms in total. The van der Waals surface area contributed by atoms with Gasteiger partial charge in [-0.05, 0) is 37.1 Å². The van der Waals surface area contributed by atoms with Gasteiger partial charge in [-0.3, -0.25) is 0 Å². The highest BCUT2D eigenvalue weighted by Crippen LogP contribution is 2.10. The van der Waals surface area contributed by atoms with Crippen LogP contribution in [-0.2, 0) is 4.79 Å². The van der Waals surface area contributed by atoms with Gasteiger partial charge in [0.25, 0.3) is 0 Å². The van der Waals surface area contributed by atoms with E-state index in [1.807, 2.05) is 6.92 Å². The molecule has 0 aromatic heterocycles. The highest BCUT2D eigenvalue weighted by Gasteiger charge is 2.06. The van der Waals surface area contributed by atoms with Crippen LogP contribution in [0.15, 0.2) is 30.3 Å². The zero-order valence-electron chi connectivity index (χ0n) is 11.7. The minimum Gasteiger partial charge on any atom is -0.478 e. The number of carboxylic acid groups (broad SMARTS) is 1. The lowest BCUT2D eigenvalue weighted by atomic mass is 10.2. The molecule has 0 saturated carbocycles. The number of hydrogen-bond acceptors (Lipinski definition) is 2. The summed E-state index contributed by atoms with van der Waals surface area (Å²) >= 11 is 0. The molecule has 0 bridgehead atoms. The SMILES string of the molecule is CCCC(C)NC(=O)Nc1ccc(C=CC(=O)O)cc1. The summed E-state index contributed by atoms with van der Waals surface area (Å²) in [4.78, 5) is 22.1. The molecular weight excluding hydrogens is 256 g/mol. The minimum atomic E-state index is -0.989. The van der Waals surface area contributed by atoms with E-state index in [1.165, 1.54) is 6.08 Å². The molecule has 20 heavy (non-hydrogen) atoms. The van der Waals surface area contributed by atoms with Crippen LogP contribution in [0.3, 0.4) is 0 Å². The van der Waals surface area contributed by atoms with Gasteiger partial charge < -0.3 is 15.7 Å². The van der Waals surface area contributed by atoms with Crippen molar-refractivity contribution in [3.8, 4) is 0 Å². The van der Waals surface area contributed by atoms with Crippen LogP contribution in [-0.4, -0.2) is 23.1 Å². The third kappa shape index (κ3) is 6.04. The fourth-order valence-electron chi connectivity index (χ4n) is 1.74. The summed E-state index contributed by atoms with van der Waals surface area (Å²) in [5.74, 6) is -0.989. The lowest BCUT2D eigenvalue weighted by Crippen LogP contribution is -2.35. The fourth-order valence-corrected chi connectivity index (χ4v) is 1.74. The number of rotatable bonds is 6. The molecule has 0 heterocycles. The molecule has 1 rings (SSSR count). The molecule has 0 fully saturated rings. The van der Waals surface area contributed by atoms with Gasteiger partial charge in [-0.15, -0.1) is 0 Å². The zero-order valence-corrected chi connectivity index (χ0v) is 11.7. The van der Waals surface area contributed by atoms with E-state index in [1.54, 1.807) is 24.3 Å². The number of hydrogen-bond donors (Lipinski definition) is 3. The molecule has 1 aromatic rings. The number of nitrogens with one attached hydrogen (secondary N) is 2. The number of amides is 2. The molecule has 3 N–H and O–H groups in total. The lowest BCUT2D eigenvalue weighted by Gasteiger charge is -2.13. The Hall–Kier alpha value is -2.30. The number of aliphatic carboxylic acids is 1. The predicted molar refractivity (Wildman–Crippen MR) is 79.6 cm³/mol. The summed E-state index contributed by atoms with van der Waals surface area (Å²) in [7, 11) is 0. The molecule has 108 valence electrons. The second-order valence-electron chi connectivity index (χ2n) is 4.58. The molecule has 1 aromatic carbocycles. The van der Waals surface area contributed by atoms with Crippen LogP contribution >= 0.6 is 0 Å². The summed E-state index contributed by atoms with van der Waals surface area (Å²) in [5.41, 5.74) is 1.43. The van der Waals surface area contributed by atoms with Crippen LogP contribution in [0.25, 0.3) is 6.08 Å². The molecular formula is C15H20N2O3. The predicted octanol–water partition coefficient (Wildman–Crippen LogP) is 3.09. The monoisotopic (exact) mass is 276 g/mol. The zero-order chi connectivity index (χ0) is 15.0. The average molecular weight is 276 g/mol. The first-order chi connectivity index (χ1) is 9.51. The molecule has 2 amide bonds. The van der Waals surface area contributed by atoms with E-state index >= 15 is 0 Å². The Morgan fingerprint density at radius 3 is 2.50 bits per heavy atom. The first-order valence-electron chi connectivity index (χ1n) is 6.60. The van der Waals surface area contributed by atoms with Gasteiger partial charge in [-0.2, -0.15) is 0 Å². The molecule has 0 radical (unpaired) electrons. The number of anilines is 1.